The van der Waals surface area contributed by atoms with Crippen LogP contribution in [0, 0.1) is 11.3 Å². The number of anilines is 1. The minimum Gasteiger partial charge on any atom is -0.446 e. The second kappa shape index (κ2) is 8.67. The molecular weight excluding hydrogens is 328 g/mol. The first-order valence-electron chi connectivity index (χ1n) is 9.41. The van der Waals surface area contributed by atoms with Crippen LogP contribution in [0.4, 0.5) is 10.5 Å². The number of hydrogen-bond acceptors (Lipinski definition) is 4. The molecule has 2 rings (SSSR count). The van der Waals surface area contributed by atoms with Gasteiger partial charge in [0.2, 0.25) is 0 Å². The highest BCUT2D eigenvalue weighted by Crippen LogP contribution is 2.38. The number of hydrogen-bond donors (Lipinski definition) is 1. The van der Waals surface area contributed by atoms with Crippen LogP contribution in [0.2, 0.25) is 0 Å². The van der Waals surface area contributed by atoms with Crippen LogP contribution >= 0.6 is 0 Å². The first-order chi connectivity index (χ1) is 12.1. The molecule has 1 saturated carbocycles. The first kappa shape index (κ1) is 20.4. The molecule has 0 saturated heterocycles. The zero-order valence-corrected chi connectivity index (χ0v) is 16.7. The number of amides is 1. The highest BCUT2D eigenvalue weighted by molar-refractivity contribution is 5.99. The molecule has 0 bridgehead atoms. The van der Waals surface area contributed by atoms with Crippen molar-refractivity contribution in [3.8, 4) is 0 Å². The summed E-state index contributed by atoms with van der Waals surface area (Å²) in [7, 11) is 3.71. The van der Waals surface area contributed by atoms with E-state index in [1.165, 1.54) is 0 Å². The van der Waals surface area contributed by atoms with E-state index in [1.807, 2.05) is 19.0 Å². The van der Waals surface area contributed by atoms with E-state index < -0.39 is 6.09 Å². The average Bonchev–Trinajstić information content (AvgIpc) is 2.54. The minimum atomic E-state index is -0.443. The van der Waals surface area contributed by atoms with E-state index in [0.717, 1.165) is 25.7 Å². The lowest BCUT2D eigenvalue weighted by atomic mass is 9.72. The molecule has 1 aromatic carbocycles. The lowest BCUT2D eigenvalue weighted by molar-refractivity contribution is 0.0528. The van der Waals surface area contributed by atoms with Gasteiger partial charge >= 0.3 is 6.09 Å². The van der Waals surface area contributed by atoms with Gasteiger partial charge in [-0.25, -0.2) is 4.79 Å². The van der Waals surface area contributed by atoms with Gasteiger partial charge in [0.25, 0.3) is 0 Å². The number of nitrogens with one attached hydrogen (secondary N) is 1. The van der Waals surface area contributed by atoms with Crippen molar-refractivity contribution < 1.29 is 14.3 Å². The van der Waals surface area contributed by atoms with Crippen LogP contribution in [0.5, 0.6) is 0 Å². The molecule has 1 aromatic rings. The van der Waals surface area contributed by atoms with Crippen LogP contribution in [-0.2, 0) is 4.74 Å². The van der Waals surface area contributed by atoms with E-state index in [1.54, 1.807) is 24.3 Å². The van der Waals surface area contributed by atoms with Crippen LogP contribution < -0.4 is 5.32 Å². The van der Waals surface area contributed by atoms with Gasteiger partial charge in [-0.15, -0.1) is 0 Å². The number of rotatable bonds is 5. The molecule has 1 amide bonds. The average molecular weight is 360 g/mol. The number of ketones is 1. The minimum absolute atomic E-state index is 0.0209. The monoisotopic (exact) mass is 360 g/mol. The second-order valence-corrected chi connectivity index (χ2v) is 8.61. The Balaban J connectivity index is 1.86. The Morgan fingerprint density at radius 2 is 1.81 bits per heavy atom. The normalized spacial score (nSPS) is 20.7. The van der Waals surface area contributed by atoms with Crippen molar-refractivity contribution in [1.29, 1.82) is 0 Å². The Morgan fingerprint density at radius 1 is 1.15 bits per heavy atom. The fraction of sp³-hybridized carbons (Fsp3) is 0.619. The number of benzene rings is 1. The maximum Gasteiger partial charge on any atom is 0.411 e. The molecule has 0 aliphatic heterocycles. The standard InChI is InChI=1S/C21H32N2O3/c1-21(2,3)16-9-11-18(12-10-16)26-20(25)22-17-8-6-7-15(13-17)19(24)14-23(4)5/h6-8,13,16,18H,9-12,14H2,1-5H3,(H,22,25). The molecule has 0 unspecified atom stereocenters. The molecule has 5 heteroatoms. The fourth-order valence-corrected chi connectivity index (χ4v) is 3.49. The van der Waals surface area contributed by atoms with Gasteiger partial charge in [0.05, 0.1) is 6.54 Å². The summed E-state index contributed by atoms with van der Waals surface area (Å²) < 4.78 is 5.58. The molecule has 26 heavy (non-hydrogen) atoms. The maximum absolute atomic E-state index is 12.2. The zero-order chi connectivity index (χ0) is 19.3. The summed E-state index contributed by atoms with van der Waals surface area (Å²) in [5.41, 5.74) is 1.48. The summed E-state index contributed by atoms with van der Waals surface area (Å²) in [5.74, 6) is 0.706. The van der Waals surface area contributed by atoms with Gasteiger partial charge in [0.1, 0.15) is 6.10 Å². The summed E-state index contributed by atoms with van der Waals surface area (Å²) >= 11 is 0. The van der Waals surface area contributed by atoms with Crippen molar-refractivity contribution in [2.75, 3.05) is 26.0 Å². The Morgan fingerprint density at radius 3 is 2.38 bits per heavy atom. The smallest absolute Gasteiger partial charge is 0.411 e. The third-order valence-corrected chi connectivity index (χ3v) is 5.06. The van der Waals surface area contributed by atoms with Gasteiger partial charge in [0, 0.05) is 11.3 Å². The van der Waals surface area contributed by atoms with Crippen LogP contribution in [-0.4, -0.2) is 43.5 Å². The van der Waals surface area contributed by atoms with E-state index in [2.05, 4.69) is 26.1 Å². The fourth-order valence-electron chi connectivity index (χ4n) is 3.49. The summed E-state index contributed by atoms with van der Waals surface area (Å²) in [5, 5.41) is 2.75. The zero-order valence-electron chi connectivity index (χ0n) is 16.7. The third kappa shape index (κ3) is 6.13. The number of ether oxygens (including phenoxy) is 1. The second-order valence-electron chi connectivity index (χ2n) is 8.61. The van der Waals surface area contributed by atoms with Crippen molar-refractivity contribution >= 4 is 17.6 Å². The predicted molar refractivity (Wildman–Crippen MR) is 105 cm³/mol. The highest BCUT2D eigenvalue weighted by Gasteiger charge is 2.31. The number of carbonyl (C=O) groups is 2. The molecule has 0 radical (unpaired) electrons. The highest BCUT2D eigenvalue weighted by atomic mass is 16.6. The van der Waals surface area contributed by atoms with Crippen LogP contribution in [0.3, 0.4) is 0 Å². The Labute approximate surface area is 157 Å². The number of likely N-dealkylation sites (N-methyl/N-ethyl adjacent to an activating group) is 1. The van der Waals surface area contributed by atoms with Gasteiger partial charge in [-0.2, -0.15) is 0 Å². The van der Waals surface area contributed by atoms with Crippen LogP contribution in [0.25, 0.3) is 0 Å². The van der Waals surface area contributed by atoms with Gasteiger partial charge in [-0.3, -0.25) is 10.1 Å². The van der Waals surface area contributed by atoms with Gasteiger partial charge in [0.15, 0.2) is 5.78 Å². The van der Waals surface area contributed by atoms with Crippen molar-refractivity contribution in [3.63, 3.8) is 0 Å². The summed E-state index contributed by atoms with van der Waals surface area (Å²) in [6, 6.07) is 7.00. The first-order valence-corrected chi connectivity index (χ1v) is 9.41. The molecule has 1 fully saturated rings. The van der Waals surface area contributed by atoms with Crippen LogP contribution in [0.15, 0.2) is 24.3 Å². The van der Waals surface area contributed by atoms with E-state index in [0.29, 0.717) is 29.1 Å². The summed E-state index contributed by atoms with van der Waals surface area (Å²) in [6.07, 6.45) is 3.55. The molecule has 1 N–H and O–H groups in total. The molecule has 1 aliphatic carbocycles. The van der Waals surface area contributed by atoms with Gasteiger partial charge < -0.3 is 9.64 Å². The molecule has 1 aliphatic rings. The van der Waals surface area contributed by atoms with Gasteiger partial charge in [-0.1, -0.05) is 32.9 Å². The van der Waals surface area contributed by atoms with Crippen LogP contribution in [0.1, 0.15) is 56.8 Å². The number of nitrogens with zero attached hydrogens (tertiary/aromatic N) is 1. The Kier molecular flexibility index (Phi) is 6.81. The SMILES string of the molecule is CN(C)CC(=O)c1cccc(NC(=O)OC2CCC(C(C)(C)C)CC2)c1. The predicted octanol–water partition coefficient (Wildman–Crippen LogP) is 4.58. The van der Waals surface area contributed by atoms with Crippen molar-refractivity contribution in [2.24, 2.45) is 11.3 Å². The number of carbonyl (C=O) groups excluding carboxylic acids is 2. The van der Waals surface area contributed by atoms with Crippen molar-refractivity contribution in [3.05, 3.63) is 29.8 Å². The van der Waals surface area contributed by atoms with Crippen molar-refractivity contribution in [1.82, 2.24) is 4.90 Å². The molecular formula is C21H32N2O3. The lowest BCUT2D eigenvalue weighted by Gasteiger charge is -2.36. The van der Waals surface area contributed by atoms with E-state index in [-0.39, 0.29) is 11.9 Å². The number of Topliss-reactive ketones (excluding diaryl/α,β-unsaturated/α-hetero) is 1. The lowest BCUT2D eigenvalue weighted by Crippen LogP contribution is -2.31. The van der Waals surface area contributed by atoms with E-state index in [9.17, 15) is 9.59 Å². The Bertz CT molecular complexity index is 626. The van der Waals surface area contributed by atoms with E-state index >= 15 is 0 Å². The third-order valence-electron chi connectivity index (χ3n) is 5.06. The molecule has 0 aromatic heterocycles. The topological polar surface area (TPSA) is 58.6 Å². The molecule has 5 nitrogen and oxygen atoms in total. The molecule has 0 spiro atoms. The quantitative estimate of drug-likeness (QED) is 0.781. The summed E-state index contributed by atoms with van der Waals surface area (Å²) in [4.78, 5) is 26.2. The van der Waals surface area contributed by atoms with Crippen molar-refractivity contribution in [2.45, 2.75) is 52.6 Å². The Hall–Kier alpha value is -1.88. The molecule has 144 valence electrons. The van der Waals surface area contributed by atoms with E-state index in [4.69, 9.17) is 4.74 Å². The van der Waals surface area contributed by atoms with Gasteiger partial charge in [-0.05, 0) is 63.2 Å². The molecule has 0 atom stereocenters. The molecule has 0 heterocycles. The summed E-state index contributed by atoms with van der Waals surface area (Å²) in [6.45, 7) is 7.16. The largest absolute Gasteiger partial charge is 0.446 e. The maximum atomic E-state index is 12.2.